The van der Waals surface area contributed by atoms with Crippen LogP contribution in [0.15, 0.2) is 350 Å². The van der Waals surface area contributed by atoms with Gasteiger partial charge in [-0.15, -0.1) is 0 Å². The maximum absolute atomic E-state index is 7.83. The molecule has 6 heteroatoms. The zero-order valence-corrected chi connectivity index (χ0v) is 52.2. The molecule has 0 radical (unpaired) electrons. The van der Waals surface area contributed by atoms with E-state index in [1.54, 1.807) is 0 Å². The highest BCUT2D eigenvalue weighted by atomic mass is 16.3. The number of hydrogen-bond acceptors (Lipinski definition) is 3. The van der Waals surface area contributed by atoms with Crippen molar-refractivity contribution in [2.75, 3.05) is 9.80 Å². The summed E-state index contributed by atoms with van der Waals surface area (Å²) in [4.78, 5) is 5.31. The van der Waals surface area contributed by atoms with Crippen molar-refractivity contribution in [3.63, 3.8) is 0 Å². The summed E-state index contributed by atoms with van der Waals surface area (Å²) in [7, 11) is 0. The van der Waals surface area contributed by atoms with Gasteiger partial charge in [0.1, 0.15) is 11.2 Å². The lowest BCUT2D eigenvalue weighted by Gasteiger charge is -2.46. The van der Waals surface area contributed by atoms with Crippen LogP contribution in [-0.4, -0.2) is 15.8 Å². The summed E-state index contributed by atoms with van der Waals surface area (Å²) in [5.74, 6) is 0. The van der Waals surface area contributed by atoms with Crippen LogP contribution in [0.2, 0.25) is 0 Å². The predicted octanol–water partition coefficient (Wildman–Crippen LogP) is 22.2. The summed E-state index contributed by atoms with van der Waals surface area (Å²) < 4.78 is 12.8. The molecule has 15 aromatic carbocycles. The minimum Gasteiger partial charge on any atom is -0.456 e. The molecule has 0 spiro atoms. The van der Waals surface area contributed by atoms with Gasteiger partial charge in [-0.25, -0.2) is 0 Å². The maximum Gasteiger partial charge on any atom is 0.257 e. The van der Waals surface area contributed by atoms with Gasteiger partial charge in [0.25, 0.3) is 6.71 Å². The third-order valence-corrected chi connectivity index (χ3v) is 20.3. The van der Waals surface area contributed by atoms with E-state index in [0.29, 0.717) is 0 Å². The molecule has 0 unspecified atom stereocenters. The number of fused-ring (bicyclic) bond motifs is 14. The van der Waals surface area contributed by atoms with Crippen molar-refractivity contribution in [1.29, 1.82) is 0 Å². The molecule has 5 nitrogen and oxygen atoms in total. The highest BCUT2D eigenvalue weighted by Crippen LogP contribution is 2.55. The second-order valence-electron chi connectivity index (χ2n) is 25.4. The molecule has 0 saturated heterocycles. The Morgan fingerprint density at radius 3 is 1.08 bits per heavy atom. The molecule has 0 saturated carbocycles. The van der Waals surface area contributed by atoms with Crippen LogP contribution in [0.3, 0.4) is 0 Å². The highest BCUT2D eigenvalue weighted by Gasteiger charge is 2.48. The fourth-order valence-corrected chi connectivity index (χ4v) is 16.3. The predicted molar refractivity (Wildman–Crippen MR) is 404 cm³/mol. The number of hydrogen-bond donors (Lipinski definition) is 0. The third-order valence-electron chi connectivity index (χ3n) is 20.3. The van der Waals surface area contributed by atoms with Crippen molar-refractivity contribution in [2.24, 2.45) is 0 Å². The number of para-hydroxylation sites is 7. The fraction of sp³-hybridized carbons (Fsp3) is 0. The fourth-order valence-electron chi connectivity index (χ4n) is 16.3. The van der Waals surface area contributed by atoms with Gasteiger partial charge in [0, 0.05) is 77.6 Å². The quantitative estimate of drug-likeness (QED) is 0.135. The molecule has 2 aliphatic heterocycles. The Balaban J connectivity index is 1.01. The lowest BCUT2D eigenvalue weighted by Crippen LogP contribution is -2.61. The van der Waals surface area contributed by atoms with E-state index in [1.807, 2.05) is 0 Å². The minimum atomic E-state index is -0.382. The van der Waals surface area contributed by atoms with E-state index in [1.165, 1.54) is 27.0 Å². The molecule has 5 heterocycles. The molecular weight excluding hydrogens is 1160 g/mol. The SMILES string of the molecule is c1ccc(-c2cc3c4c(c2)N(c2c(-c5ccccc5)cccc2-c2ccccc2)c2cc(-n5c6ccccc6c6ccccc65)c5c(oc6ccccc65)c2B4c2ccc(-n4c5ccccc5c5ccccc54)cc2N3c2c(-c3ccccc3)cccc2-c2ccccc2)cc1. The van der Waals surface area contributed by atoms with Crippen LogP contribution in [0.1, 0.15) is 0 Å². The molecule has 0 N–H and O–H groups in total. The van der Waals surface area contributed by atoms with E-state index in [9.17, 15) is 0 Å². The van der Waals surface area contributed by atoms with Crippen molar-refractivity contribution in [2.45, 2.75) is 0 Å². The van der Waals surface area contributed by atoms with E-state index in [2.05, 4.69) is 365 Å². The first-order valence-electron chi connectivity index (χ1n) is 33.1. The van der Waals surface area contributed by atoms with Crippen molar-refractivity contribution in [3.05, 3.63) is 346 Å². The molecule has 20 rings (SSSR count). The Kier molecular flexibility index (Phi) is 12.1. The number of benzene rings is 15. The van der Waals surface area contributed by atoms with Gasteiger partial charge in [0.15, 0.2) is 0 Å². The summed E-state index contributed by atoms with van der Waals surface area (Å²) in [6, 6.07) is 128. The summed E-state index contributed by atoms with van der Waals surface area (Å²) in [5.41, 5.74) is 29.3. The zero-order valence-electron chi connectivity index (χ0n) is 52.2. The van der Waals surface area contributed by atoms with Crippen LogP contribution in [0.25, 0.3) is 133 Å². The average molecular weight is 1220 g/mol. The Labute approximate surface area is 555 Å². The monoisotopic (exact) mass is 1220 g/mol. The first kappa shape index (κ1) is 54.0. The lowest BCUT2D eigenvalue weighted by atomic mass is 9.33. The topological polar surface area (TPSA) is 29.5 Å². The van der Waals surface area contributed by atoms with Crippen LogP contribution in [-0.2, 0) is 0 Å². The summed E-state index contributed by atoms with van der Waals surface area (Å²) >= 11 is 0. The zero-order chi connectivity index (χ0) is 63.0. The van der Waals surface area contributed by atoms with Gasteiger partial charge < -0.3 is 23.4 Å². The standard InChI is InChI=1S/C90H57BN4O/c1-6-28-58(29-7-1)63-54-81-86-82(55-63)95(89-67(61-34-12-4-13-35-61)45-27-46-68(89)62-36-14-5-15-37-62)83-57-80(93-77-49-23-18-40-71(77)72-41-19-24-50-78(72)93)85-73-42-20-25-51-84(73)96-90(85)87(83)91(86)74-53-52-64(92-75-47-21-16-38-69(75)70-39-17-22-48-76(70)92)56-79(74)94(81)88-65(59-30-8-2-9-31-59)43-26-44-66(88)60-32-10-3-11-33-60/h1-57H. The van der Waals surface area contributed by atoms with Gasteiger partial charge in [0.2, 0.25) is 0 Å². The van der Waals surface area contributed by atoms with Gasteiger partial charge >= 0.3 is 0 Å². The van der Waals surface area contributed by atoms with Gasteiger partial charge in [-0.2, -0.15) is 0 Å². The van der Waals surface area contributed by atoms with Crippen molar-refractivity contribution in [1.82, 2.24) is 9.13 Å². The van der Waals surface area contributed by atoms with E-state index in [-0.39, 0.29) is 6.71 Å². The normalized spacial score (nSPS) is 12.5. The smallest absolute Gasteiger partial charge is 0.257 e. The second-order valence-corrected chi connectivity index (χ2v) is 25.4. The Morgan fingerprint density at radius 2 is 0.625 bits per heavy atom. The Morgan fingerprint density at radius 1 is 0.250 bits per heavy atom. The van der Waals surface area contributed by atoms with Crippen molar-refractivity contribution >= 4 is 123 Å². The van der Waals surface area contributed by atoms with E-state index in [4.69, 9.17) is 4.42 Å². The first-order chi connectivity index (χ1) is 47.7. The van der Waals surface area contributed by atoms with Crippen molar-refractivity contribution < 1.29 is 4.42 Å². The van der Waals surface area contributed by atoms with E-state index in [0.717, 1.165) is 156 Å². The van der Waals surface area contributed by atoms with E-state index >= 15 is 0 Å². The number of aromatic nitrogens is 2. The molecule has 96 heavy (non-hydrogen) atoms. The number of rotatable bonds is 9. The van der Waals surface area contributed by atoms with Crippen LogP contribution >= 0.6 is 0 Å². The van der Waals surface area contributed by atoms with Crippen LogP contribution < -0.4 is 26.2 Å². The third kappa shape index (κ3) is 8.06. The molecule has 2 aliphatic rings. The molecule has 0 fully saturated rings. The van der Waals surface area contributed by atoms with Crippen molar-refractivity contribution in [3.8, 4) is 67.0 Å². The molecule has 0 aliphatic carbocycles. The van der Waals surface area contributed by atoms with E-state index < -0.39 is 0 Å². The van der Waals surface area contributed by atoms with Gasteiger partial charge in [-0.05, 0) is 110 Å². The number of anilines is 6. The maximum atomic E-state index is 7.83. The summed E-state index contributed by atoms with van der Waals surface area (Å²) in [6.45, 7) is -0.382. The Bertz CT molecular complexity index is 5910. The molecule has 0 amide bonds. The largest absolute Gasteiger partial charge is 0.456 e. The number of nitrogens with zero attached hydrogens (tertiary/aromatic N) is 4. The first-order valence-corrected chi connectivity index (χ1v) is 33.1. The molecular formula is C90H57BN4O. The van der Waals surface area contributed by atoms with Crippen LogP contribution in [0, 0.1) is 0 Å². The van der Waals surface area contributed by atoms with Gasteiger partial charge in [0.05, 0.1) is 44.5 Å². The van der Waals surface area contributed by atoms with Crippen LogP contribution in [0.4, 0.5) is 34.1 Å². The molecule has 0 bridgehead atoms. The summed E-state index contributed by atoms with van der Waals surface area (Å²) in [5, 5.41) is 6.93. The summed E-state index contributed by atoms with van der Waals surface area (Å²) in [6.07, 6.45) is 0. The lowest BCUT2D eigenvalue weighted by molar-refractivity contribution is 0.671. The van der Waals surface area contributed by atoms with Gasteiger partial charge in [-0.1, -0.05) is 285 Å². The second kappa shape index (κ2) is 21.5. The molecule has 446 valence electrons. The highest BCUT2D eigenvalue weighted by molar-refractivity contribution is 7.01. The molecule has 3 aromatic heterocycles. The van der Waals surface area contributed by atoms with Gasteiger partial charge in [-0.3, -0.25) is 0 Å². The minimum absolute atomic E-state index is 0.382. The molecule has 18 aromatic rings. The van der Waals surface area contributed by atoms with Crippen LogP contribution in [0.5, 0.6) is 0 Å². The average Bonchev–Trinajstić information content (AvgIpc) is 1.04. The number of furan rings is 1. The Hall–Kier alpha value is -12.6. The molecule has 0 atom stereocenters.